The Morgan fingerprint density at radius 2 is 1.74 bits per heavy atom. The maximum Gasteiger partial charge on any atom is 0.278 e. The molecular formula is C22H25N3O4S2. The van der Waals surface area contributed by atoms with Crippen molar-refractivity contribution in [2.24, 2.45) is 0 Å². The van der Waals surface area contributed by atoms with E-state index >= 15 is 0 Å². The van der Waals surface area contributed by atoms with Gasteiger partial charge in [-0.1, -0.05) is 56.4 Å². The minimum absolute atomic E-state index is 0.0687. The third kappa shape index (κ3) is 6.61. The first-order valence-electron chi connectivity index (χ1n) is 9.67. The first-order chi connectivity index (χ1) is 14.6. The molecule has 0 radical (unpaired) electrons. The van der Waals surface area contributed by atoms with Gasteiger partial charge in [0.05, 0.1) is 11.4 Å². The van der Waals surface area contributed by atoms with Gasteiger partial charge in [-0.25, -0.2) is 18.1 Å². The van der Waals surface area contributed by atoms with Crippen LogP contribution in [0.2, 0.25) is 0 Å². The first kappa shape index (κ1) is 22.9. The second-order valence-corrected chi connectivity index (χ2v) is 10.5. The van der Waals surface area contributed by atoms with Gasteiger partial charge >= 0.3 is 0 Å². The second kappa shape index (κ2) is 9.59. The summed E-state index contributed by atoms with van der Waals surface area (Å²) < 4.78 is 32.8. The molecule has 3 rings (SSSR count). The fraction of sp³-hybridized carbons (Fsp3) is 0.273. The van der Waals surface area contributed by atoms with Gasteiger partial charge in [-0.05, 0) is 40.8 Å². The zero-order chi connectivity index (χ0) is 22.5. The van der Waals surface area contributed by atoms with E-state index in [1.54, 1.807) is 42.6 Å². The maximum absolute atomic E-state index is 12.4. The molecule has 0 saturated carbocycles. The molecule has 0 aliphatic carbocycles. The minimum Gasteiger partial charge on any atom is -0.431 e. The van der Waals surface area contributed by atoms with Crippen LogP contribution in [-0.4, -0.2) is 25.9 Å². The van der Waals surface area contributed by atoms with E-state index in [9.17, 15) is 13.2 Å². The van der Waals surface area contributed by atoms with Crippen LogP contribution in [0.3, 0.4) is 0 Å². The van der Waals surface area contributed by atoms with E-state index < -0.39 is 15.9 Å². The van der Waals surface area contributed by atoms with Crippen LogP contribution >= 0.6 is 11.3 Å². The van der Waals surface area contributed by atoms with Gasteiger partial charge in [0.15, 0.2) is 0 Å². The molecule has 0 aliphatic heterocycles. The lowest BCUT2D eigenvalue weighted by molar-refractivity contribution is -0.120. The summed E-state index contributed by atoms with van der Waals surface area (Å²) in [6, 6.07) is 13.9. The van der Waals surface area contributed by atoms with Crippen molar-refractivity contribution in [1.29, 1.82) is 0 Å². The lowest BCUT2D eigenvalue weighted by atomic mass is 9.87. The van der Waals surface area contributed by atoms with E-state index in [-0.39, 0.29) is 23.4 Å². The number of thiazole rings is 1. The van der Waals surface area contributed by atoms with Gasteiger partial charge in [-0.2, -0.15) is 0 Å². The third-order valence-electron chi connectivity index (χ3n) is 4.48. The molecule has 0 bridgehead atoms. The molecule has 0 unspecified atom stereocenters. The molecule has 0 atom stereocenters. The molecule has 164 valence electrons. The molecule has 31 heavy (non-hydrogen) atoms. The summed E-state index contributed by atoms with van der Waals surface area (Å²) >= 11 is 1.40. The van der Waals surface area contributed by atoms with E-state index in [2.05, 4.69) is 35.8 Å². The molecular weight excluding hydrogens is 434 g/mol. The molecule has 1 aromatic heterocycles. The number of carbonyl (C=O) groups is 1. The normalized spacial score (nSPS) is 11.8. The Labute approximate surface area is 186 Å². The third-order valence-corrected chi connectivity index (χ3v) is 6.55. The Morgan fingerprint density at radius 3 is 2.32 bits per heavy atom. The predicted octanol–water partition coefficient (Wildman–Crippen LogP) is 3.83. The fourth-order valence-electron chi connectivity index (χ4n) is 2.68. The zero-order valence-electron chi connectivity index (χ0n) is 17.6. The molecule has 7 nitrogen and oxygen atoms in total. The maximum atomic E-state index is 12.4. The summed E-state index contributed by atoms with van der Waals surface area (Å²) in [5.74, 6) is 0.230. The number of nitrogens with one attached hydrogen (secondary N) is 2. The topological polar surface area (TPSA) is 97.4 Å². The zero-order valence-corrected chi connectivity index (χ0v) is 19.2. The van der Waals surface area contributed by atoms with E-state index in [0.717, 1.165) is 11.1 Å². The van der Waals surface area contributed by atoms with Crippen molar-refractivity contribution in [2.45, 2.75) is 37.6 Å². The highest BCUT2D eigenvalue weighted by Crippen LogP contribution is 2.24. The molecule has 1 heterocycles. The smallest absolute Gasteiger partial charge is 0.278 e. The summed E-state index contributed by atoms with van der Waals surface area (Å²) in [6.07, 6.45) is 1.67. The van der Waals surface area contributed by atoms with Crippen molar-refractivity contribution in [2.75, 3.05) is 6.54 Å². The van der Waals surface area contributed by atoms with Gasteiger partial charge < -0.3 is 10.1 Å². The van der Waals surface area contributed by atoms with Gasteiger partial charge in [0.1, 0.15) is 5.75 Å². The number of carbonyl (C=O) groups excluding carboxylic acids is 1. The number of hydrogen-bond acceptors (Lipinski definition) is 6. The number of amides is 1. The molecule has 9 heteroatoms. The van der Waals surface area contributed by atoms with Crippen LogP contribution in [0, 0.1) is 0 Å². The van der Waals surface area contributed by atoms with Gasteiger partial charge in [0.25, 0.3) is 5.19 Å². The number of sulfonamides is 1. The van der Waals surface area contributed by atoms with Crippen molar-refractivity contribution in [3.05, 3.63) is 71.2 Å². The molecule has 0 saturated heterocycles. The number of hydrogen-bond donors (Lipinski definition) is 2. The number of ether oxygens (including phenoxy) is 1. The van der Waals surface area contributed by atoms with Gasteiger partial charge in [-0.15, -0.1) is 0 Å². The standard InChI is InChI=1S/C22H25N3O4S2/c1-22(2,3)17-6-10-19(11-7-17)31(27,28)25-15-20(26)24-14-16-4-8-18(9-5-16)29-21-23-12-13-30-21/h4-13,25H,14-15H2,1-3H3,(H,24,26). The number of benzene rings is 2. The van der Waals surface area contributed by atoms with Crippen LogP contribution in [-0.2, 0) is 26.8 Å². The predicted molar refractivity (Wildman–Crippen MR) is 121 cm³/mol. The lowest BCUT2D eigenvalue weighted by Gasteiger charge is -2.19. The number of aromatic nitrogens is 1. The Hall–Kier alpha value is -2.75. The number of rotatable bonds is 8. The van der Waals surface area contributed by atoms with Crippen LogP contribution < -0.4 is 14.8 Å². The molecule has 0 spiro atoms. The average Bonchev–Trinajstić information content (AvgIpc) is 3.24. The summed E-state index contributed by atoms with van der Waals surface area (Å²) in [6.45, 7) is 6.11. The monoisotopic (exact) mass is 459 g/mol. The Bertz CT molecular complexity index is 1100. The average molecular weight is 460 g/mol. The summed E-state index contributed by atoms with van der Waals surface area (Å²) in [7, 11) is -3.76. The van der Waals surface area contributed by atoms with Crippen molar-refractivity contribution in [3.63, 3.8) is 0 Å². The van der Waals surface area contributed by atoms with Gasteiger partial charge in [-0.3, -0.25) is 4.79 Å². The van der Waals surface area contributed by atoms with Crippen molar-refractivity contribution in [1.82, 2.24) is 15.0 Å². The Kier molecular flexibility index (Phi) is 7.09. The van der Waals surface area contributed by atoms with E-state index in [0.29, 0.717) is 10.9 Å². The van der Waals surface area contributed by atoms with Crippen LogP contribution in [0.5, 0.6) is 10.9 Å². The van der Waals surface area contributed by atoms with E-state index in [1.807, 2.05) is 17.5 Å². The highest BCUT2D eigenvalue weighted by Gasteiger charge is 2.18. The van der Waals surface area contributed by atoms with Crippen LogP contribution in [0.25, 0.3) is 0 Å². The Morgan fingerprint density at radius 1 is 1.06 bits per heavy atom. The fourth-order valence-corrected chi connectivity index (χ4v) is 4.16. The SMILES string of the molecule is CC(C)(C)c1ccc(S(=O)(=O)NCC(=O)NCc2ccc(Oc3nccs3)cc2)cc1. The van der Waals surface area contributed by atoms with Crippen LogP contribution in [0.15, 0.2) is 65.0 Å². The van der Waals surface area contributed by atoms with Crippen LogP contribution in [0.1, 0.15) is 31.9 Å². The highest BCUT2D eigenvalue weighted by molar-refractivity contribution is 7.89. The summed E-state index contributed by atoms with van der Waals surface area (Å²) in [5, 5.41) is 5.08. The van der Waals surface area contributed by atoms with E-state index in [4.69, 9.17) is 4.74 Å². The molecule has 0 fully saturated rings. The van der Waals surface area contributed by atoms with Crippen molar-refractivity contribution >= 4 is 27.3 Å². The molecule has 1 amide bonds. The van der Waals surface area contributed by atoms with E-state index in [1.165, 1.54) is 11.3 Å². The number of nitrogens with zero attached hydrogens (tertiary/aromatic N) is 1. The largest absolute Gasteiger partial charge is 0.431 e. The van der Waals surface area contributed by atoms with Gasteiger partial charge in [0, 0.05) is 18.1 Å². The molecule has 2 N–H and O–H groups in total. The summed E-state index contributed by atoms with van der Waals surface area (Å²) in [4.78, 5) is 16.3. The first-order valence-corrected chi connectivity index (χ1v) is 12.0. The van der Waals surface area contributed by atoms with Crippen molar-refractivity contribution < 1.29 is 17.9 Å². The molecule has 3 aromatic rings. The minimum atomic E-state index is -3.76. The highest BCUT2D eigenvalue weighted by atomic mass is 32.2. The van der Waals surface area contributed by atoms with Crippen LogP contribution in [0.4, 0.5) is 0 Å². The molecule has 0 aliphatic rings. The second-order valence-electron chi connectivity index (χ2n) is 7.92. The van der Waals surface area contributed by atoms with Gasteiger partial charge in [0.2, 0.25) is 15.9 Å². The Balaban J connectivity index is 1.48. The quantitative estimate of drug-likeness (QED) is 0.534. The summed E-state index contributed by atoms with van der Waals surface area (Å²) in [5.41, 5.74) is 1.83. The van der Waals surface area contributed by atoms with Crippen molar-refractivity contribution in [3.8, 4) is 10.9 Å². The molecule has 2 aromatic carbocycles. The lowest BCUT2D eigenvalue weighted by Crippen LogP contribution is -2.36.